The molecule has 5 nitrogen and oxygen atoms in total. The number of rotatable bonds is 7. The van der Waals surface area contributed by atoms with E-state index in [0.717, 1.165) is 32.8 Å². The van der Waals surface area contributed by atoms with Crippen molar-refractivity contribution in [1.29, 1.82) is 0 Å². The van der Waals surface area contributed by atoms with Crippen molar-refractivity contribution < 1.29 is 9.21 Å². The van der Waals surface area contributed by atoms with Crippen LogP contribution >= 0.6 is 27.3 Å². The standard InChI is InChI=1S/C23H20BrN3O2S/c1-2-17-14-18(23(30-17)27-22(28)19-6-5-13-29-19)21(15-8-10-16(24)11-9-15)26-20-7-3-4-12-25-20/h3-14,21H,2H2,1H3,(H,25,26)(H,27,28)/t21-/m0/s1. The Bertz CT molecular complexity index is 1110. The van der Waals surface area contributed by atoms with E-state index in [1.165, 1.54) is 11.1 Å². The first kappa shape index (κ1) is 20.4. The topological polar surface area (TPSA) is 67.2 Å². The van der Waals surface area contributed by atoms with Crippen LogP contribution in [0.4, 0.5) is 10.8 Å². The molecule has 0 saturated carbocycles. The predicted octanol–water partition coefficient (Wildman–Crippen LogP) is 6.51. The second-order valence-electron chi connectivity index (χ2n) is 6.63. The van der Waals surface area contributed by atoms with E-state index >= 15 is 0 Å². The fourth-order valence-electron chi connectivity index (χ4n) is 3.11. The molecule has 30 heavy (non-hydrogen) atoms. The van der Waals surface area contributed by atoms with Crippen LogP contribution in [0.2, 0.25) is 0 Å². The van der Waals surface area contributed by atoms with E-state index in [0.29, 0.717) is 0 Å². The first-order valence-corrected chi connectivity index (χ1v) is 11.2. The average Bonchev–Trinajstić information content (AvgIpc) is 3.44. The summed E-state index contributed by atoms with van der Waals surface area (Å²) in [6, 6.07) is 19.2. The normalized spacial score (nSPS) is 11.8. The molecule has 4 aromatic rings. The van der Waals surface area contributed by atoms with Gasteiger partial charge in [-0.25, -0.2) is 4.98 Å². The Hall–Kier alpha value is -2.90. The summed E-state index contributed by atoms with van der Waals surface area (Å²) in [5.74, 6) is 0.779. The van der Waals surface area contributed by atoms with Crippen molar-refractivity contribution in [3.05, 3.63) is 99.4 Å². The van der Waals surface area contributed by atoms with Gasteiger partial charge in [0.15, 0.2) is 5.76 Å². The van der Waals surface area contributed by atoms with E-state index < -0.39 is 0 Å². The first-order chi connectivity index (χ1) is 14.6. The van der Waals surface area contributed by atoms with Gasteiger partial charge in [0, 0.05) is 21.1 Å². The highest BCUT2D eigenvalue weighted by Crippen LogP contribution is 2.38. The summed E-state index contributed by atoms with van der Waals surface area (Å²) >= 11 is 5.08. The fraction of sp³-hybridized carbons (Fsp3) is 0.130. The van der Waals surface area contributed by atoms with Gasteiger partial charge >= 0.3 is 0 Å². The number of aryl methyl sites for hydroxylation is 1. The maximum atomic E-state index is 12.6. The van der Waals surface area contributed by atoms with E-state index in [-0.39, 0.29) is 17.7 Å². The predicted molar refractivity (Wildman–Crippen MR) is 124 cm³/mol. The van der Waals surface area contributed by atoms with E-state index in [1.54, 1.807) is 29.7 Å². The lowest BCUT2D eigenvalue weighted by Crippen LogP contribution is -2.16. The smallest absolute Gasteiger partial charge is 0.291 e. The molecule has 0 spiro atoms. The number of aromatic nitrogens is 1. The van der Waals surface area contributed by atoms with Crippen LogP contribution in [0, 0.1) is 0 Å². The van der Waals surface area contributed by atoms with E-state index in [2.05, 4.69) is 56.7 Å². The Morgan fingerprint density at radius 2 is 2.00 bits per heavy atom. The quantitative estimate of drug-likeness (QED) is 0.315. The number of pyridine rings is 1. The third-order valence-corrected chi connectivity index (χ3v) is 6.34. The van der Waals surface area contributed by atoms with Crippen molar-refractivity contribution in [3.63, 3.8) is 0 Å². The summed E-state index contributed by atoms with van der Waals surface area (Å²) in [5.41, 5.74) is 2.06. The van der Waals surface area contributed by atoms with Gasteiger partial charge in [-0.1, -0.05) is 41.1 Å². The second-order valence-corrected chi connectivity index (χ2v) is 8.68. The zero-order valence-corrected chi connectivity index (χ0v) is 18.7. The van der Waals surface area contributed by atoms with Gasteiger partial charge in [0.2, 0.25) is 0 Å². The zero-order valence-electron chi connectivity index (χ0n) is 16.3. The molecule has 0 bridgehead atoms. The summed E-state index contributed by atoms with van der Waals surface area (Å²) in [6.07, 6.45) is 4.13. The van der Waals surface area contributed by atoms with Crippen LogP contribution in [0.5, 0.6) is 0 Å². The highest BCUT2D eigenvalue weighted by atomic mass is 79.9. The van der Waals surface area contributed by atoms with Crippen molar-refractivity contribution in [3.8, 4) is 0 Å². The van der Waals surface area contributed by atoms with Gasteiger partial charge in [-0.05, 0) is 54.4 Å². The van der Waals surface area contributed by atoms with Crippen molar-refractivity contribution in [2.75, 3.05) is 10.6 Å². The van der Waals surface area contributed by atoms with Crippen molar-refractivity contribution >= 4 is 44.0 Å². The number of amides is 1. The Kier molecular flexibility index (Phi) is 6.30. The molecular formula is C23H20BrN3O2S. The largest absolute Gasteiger partial charge is 0.459 e. The summed E-state index contributed by atoms with van der Waals surface area (Å²) in [4.78, 5) is 18.3. The number of carbonyl (C=O) groups excluding carboxylic acids is 1. The molecule has 1 atom stereocenters. The summed E-state index contributed by atoms with van der Waals surface area (Å²) < 4.78 is 6.26. The molecule has 0 aliphatic carbocycles. The number of hydrogen-bond acceptors (Lipinski definition) is 5. The lowest BCUT2D eigenvalue weighted by molar-refractivity contribution is 0.0997. The third-order valence-electron chi connectivity index (χ3n) is 4.60. The van der Waals surface area contributed by atoms with Crippen LogP contribution in [0.3, 0.4) is 0 Å². The molecule has 1 aromatic carbocycles. The van der Waals surface area contributed by atoms with Crippen LogP contribution in [0.15, 0.2) is 82.0 Å². The van der Waals surface area contributed by atoms with Crippen LogP contribution in [-0.4, -0.2) is 10.9 Å². The molecule has 3 heterocycles. The minimum atomic E-state index is -0.266. The van der Waals surface area contributed by atoms with Gasteiger partial charge < -0.3 is 15.1 Å². The van der Waals surface area contributed by atoms with Gasteiger partial charge in [0.25, 0.3) is 5.91 Å². The molecule has 3 aromatic heterocycles. The molecule has 0 aliphatic rings. The number of hydrogen-bond donors (Lipinski definition) is 2. The molecule has 4 rings (SSSR count). The first-order valence-electron chi connectivity index (χ1n) is 9.54. The minimum absolute atomic E-state index is 0.184. The van der Waals surface area contributed by atoms with Crippen LogP contribution in [-0.2, 0) is 6.42 Å². The monoisotopic (exact) mass is 481 g/mol. The molecule has 0 unspecified atom stereocenters. The van der Waals surface area contributed by atoms with Gasteiger partial charge in [-0.2, -0.15) is 0 Å². The van der Waals surface area contributed by atoms with E-state index in [4.69, 9.17) is 4.42 Å². The lowest BCUT2D eigenvalue weighted by Gasteiger charge is -2.21. The molecule has 0 saturated heterocycles. The second kappa shape index (κ2) is 9.28. The Morgan fingerprint density at radius 1 is 1.17 bits per heavy atom. The van der Waals surface area contributed by atoms with Gasteiger partial charge in [-0.3, -0.25) is 4.79 Å². The van der Waals surface area contributed by atoms with E-state index in [9.17, 15) is 4.79 Å². The molecule has 2 N–H and O–H groups in total. The van der Waals surface area contributed by atoms with Gasteiger partial charge in [-0.15, -0.1) is 11.3 Å². The maximum absolute atomic E-state index is 12.6. The fourth-order valence-corrected chi connectivity index (χ4v) is 4.40. The zero-order chi connectivity index (χ0) is 20.9. The number of furan rings is 1. The summed E-state index contributed by atoms with van der Waals surface area (Å²) in [7, 11) is 0. The van der Waals surface area contributed by atoms with Crippen molar-refractivity contribution in [2.24, 2.45) is 0 Å². The van der Waals surface area contributed by atoms with Gasteiger partial charge in [0.05, 0.1) is 12.3 Å². The number of nitrogens with one attached hydrogen (secondary N) is 2. The van der Waals surface area contributed by atoms with Crippen LogP contribution in [0.25, 0.3) is 0 Å². The number of anilines is 2. The number of benzene rings is 1. The molecule has 0 radical (unpaired) electrons. The SMILES string of the molecule is CCc1cc([C@@H](Nc2ccccn2)c2ccc(Br)cc2)c(NC(=O)c2ccco2)s1. The number of halogens is 1. The van der Waals surface area contributed by atoms with Crippen molar-refractivity contribution in [2.45, 2.75) is 19.4 Å². The number of carbonyl (C=O) groups is 1. The highest BCUT2D eigenvalue weighted by Gasteiger charge is 2.23. The lowest BCUT2D eigenvalue weighted by atomic mass is 9.99. The highest BCUT2D eigenvalue weighted by molar-refractivity contribution is 9.10. The molecule has 1 amide bonds. The Balaban J connectivity index is 1.74. The van der Waals surface area contributed by atoms with Crippen molar-refractivity contribution in [1.82, 2.24) is 4.98 Å². The van der Waals surface area contributed by atoms with Gasteiger partial charge in [0.1, 0.15) is 10.8 Å². The molecule has 0 fully saturated rings. The summed E-state index contributed by atoms with van der Waals surface area (Å²) in [5, 5.41) is 7.35. The summed E-state index contributed by atoms with van der Waals surface area (Å²) in [6.45, 7) is 2.11. The minimum Gasteiger partial charge on any atom is -0.459 e. The molecular weight excluding hydrogens is 462 g/mol. The molecule has 7 heteroatoms. The van der Waals surface area contributed by atoms with Crippen LogP contribution in [0.1, 0.15) is 39.5 Å². The van der Waals surface area contributed by atoms with E-state index in [1.807, 2.05) is 30.3 Å². The molecule has 0 aliphatic heterocycles. The van der Waals surface area contributed by atoms with Crippen LogP contribution < -0.4 is 10.6 Å². The molecule has 152 valence electrons. The number of thiophene rings is 1. The maximum Gasteiger partial charge on any atom is 0.291 e. The average molecular weight is 482 g/mol. The Morgan fingerprint density at radius 3 is 2.67 bits per heavy atom. The number of nitrogens with zero attached hydrogens (tertiary/aromatic N) is 1. The third kappa shape index (κ3) is 4.63. The Labute approximate surface area is 187 Å².